The van der Waals surface area contributed by atoms with Gasteiger partial charge in [0.1, 0.15) is 0 Å². The first-order chi connectivity index (χ1) is 5.21. The molecule has 1 unspecified atom stereocenters. The molecule has 1 amide bonds. The zero-order valence-corrected chi connectivity index (χ0v) is 6.93. The summed E-state index contributed by atoms with van der Waals surface area (Å²) < 4.78 is 5.24. The van der Waals surface area contributed by atoms with Crippen molar-refractivity contribution in [2.24, 2.45) is 11.1 Å². The number of rotatable bonds is 2. The number of primary amides is 1. The number of hydrogen-bond acceptors (Lipinski definition) is 2. The van der Waals surface area contributed by atoms with Crippen LogP contribution in [-0.4, -0.2) is 19.1 Å². The number of ether oxygens (including phenoxy) is 1. The summed E-state index contributed by atoms with van der Waals surface area (Å²) in [6.45, 7) is 3.27. The van der Waals surface area contributed by atoms with Crippen molar-refractivity contribution in [2.75, 3.05) is 13.2 Å². The van der Waals surface area contributed by atoms with Crippen LogP contribution >= 0.6 is 0 Å². The van der Waals surface area contributed by atoms with Crippen LogP contribution in [0, 0.1) is 5.41 Å². The molecule has 1 heterocycles. The van der Waals surface area contributed by atoms with E-state index < -0.39 is 0 Å². The molecule has 0 spiro atoms. The summed E-state index contributed by atoms with van der Waals surface area (Å²) in [5.74, 6) is -0.209. The molecule has 1 aliphatic rings. The zero-order valence-electron chi connectivity index (χ0n) is 6.93. The minimum atomic E-state index is -0.363. The van der Waals surface area contributed by atoms with Gasteiger partial charge in [-0.05, 0) is 19.3 Å². The predicted molar refractivity (Wildman–Crippen MR) is 42.0 cm³/mol. The van der Waals surface area contributed by atoms with Crippen LogP contribution in [0.25, 0.3) is 0 Å². The number of carbonyl (C=O) groups is 1. The van der Waals surface area contributed by atoms with Crippen molar-refractivity contribution in [3.8, 4) is 0 Å². The number of amides is 1. The lowest BCUT2D eigenvalue weighted by Gasteiger charge is -2.32. The van der Waals surface area contributed by atoms with Crippen molar-refractivity contribution in [3.05, 3.63) is 0 Å². The smallest absolute Gasteiger partial charge is 0.225 e. The zero-order chi connectivity index (χ0) is 8.32. The fraction of sp³-hybridized carbons (Fsp3) is 0.875. The number of nitrogens with two attached hydrogens (primary N) is 1. The van der Waals surface area contributed by atoms with Crippen molar-refractivity contribution in [2.45, 2.75) is 26.2 Å². The van der Waals surface area contributed by atoms with E-state index in [1.54, 1.807) is 0 Å². The summed E-state index contributed by atoms with van der Waals surface area (Å²) in [4.78, 5) is 11.0. The summed E-state index contributed by atoms with van der Waals surface area (Å²) >= 11 is 0. The third-order valence-corrected chi connectivity index (χ3v) is 2.52. The van der Waals surface area contributed by atoms with Crippen molar-refractivity contribution >= 4 is 5.91 Å². The Morgan fingerprint density at radius 3 is 2.73 bits per heavy atom. The van der Waals surface area contributed by atoms with Crippen LogP contribution in [0.4, 0.5) is 0 Å². The van der Waals surface area contributed by atoms with E-state index in [9.17, 15) is 4.79 Å². The molecule has 1 aliphatic heterocycles. The lowest BCUT2D eigenvalue weighted by Crippen LogP contribution is -2.43. The van der Waals surface area contributed by atoms with E-state index in [1.807, 2.05) is 6.92 Å². The van der Waals surface area contributed by atoms with E-state index in [1.165, 1.54) is 0 Å². The van der Waals surface area contributed by atoms with Crippen LogP contribution in [0.3, 0.4) is 0 Å². The molecule has 1 fully saturated rings. The molecule has 0 aromatic rings. The van der Waals surface area contributed by atoms with E-state index in [4.69, 9.17) is 10.5 Å². The Bertz CT molecular complexity index is 150. The van der Waals surface area contributed by atoms with Gasteiger partial charge in [-0.1, -0.05) is 6.92 Å². The van der Waals surface area contributed by atoms with Crippen LogP contribution in [-0.2, 0) is 9.53 Å². The third-order valence-electron chi connectivity index (χ3n) is 2.52. The molecular formula is C8H15NO2. The normalized spacial score (nSPS) is 31.7. The SMILES string of the molecule is CCC1(C(N)=O)CCCOC1. The van der Waals surface area contributed by atoms with Gasteiger partial charge in [0.05, 0.1) is 12.0 Å². The first-order valence-corrected chi connectivity index (χ1v) is 4.09. The molecule has 0 saturated carbocycles. The molecule has 11 heavy (non-hydrogen) atoms. The molecule has 0 aromatic carbocycles. The molecule has 2 N–H and O–H groups in total. The van der Waals surface area contributed by atoms with Crippen molar-refractivity contribution in [1.82, 2.24) is 0 Å². The standard InChI is InChI=1S/C8H15NO2/c1-2-8(7(9)10)4-3-5-11-6-8/h2-6H2,1H3,(H2,9,10). The van der Waals surface area contributed by atoms with Gasteiger partial charge in [-0.2, -0.15) is 0 Å². The fourth-order valence-electron chi connectivity index (χ4n) is 1.50. The highest BCUT2D eigenvalue weighted by Gasteiger charge is 2.36. The molecule has 1 atom stereocenters. The highest BCUT2D eigenvalue weighted by Crippen LogP contribution is 2.31. The molecular weight excluding hydrogens is 142 g/mol. The molecule has 3 heteroatoms. The maximum absolute atomic E-state index is 11.0. The van der Waals surface area contributed by atoms with Crippen molar-refractivity contribution in [3.63, 3.8) is 0 Å². The van der Waals surface area contributed by atoms with Crippen LogP contribution in [0.15, 0.2) is 0 Å². The third kappa shape index (κ3) is 1.53. The van der Waals surface area contributed by atoms with Gasteiger partial charge in [0.2, 0.25) is 5.91 Å². The topological polar surface area (TPSA) is 52.3 Å². The van der Waals surface area contributed by atoms with Crippen molar-refractivity contribution in [1.29, 1.82) is 0 Å². The molecule has 3 nitrogen and oxygen atoms in total. The Balaban J connectivity index is 2.64. The Labute approximate surface area is 66.9 Å². The monoisotopic (exact) mass is 157 g/mol. The molecule has 1 rings (SSSR count). The Hall–Kier alpha value is -0.570. The van der Waals surface area contributed by atoms with Gasteiger partial charge in [0.25, 0.3) is 0 Å². The molecule has 0 aromatic heterocycles. The second kappa shape index (κ2) is 3.22. The lowest BCUT2D eigenvalue weighted by molar-refractivity contribution is -0.135. The maximum Gasteiger partial charge on any atom is 0.225 e. The van der Waals surface area contributed by atoms with Gasteiger partial charge in [-0.3, -0.25) is 4.79 Å². The number of carbonyl (C=O) groups excluding carboxylic acids is 1. The van der Waals surface area contributed by atoms with E-state index in [0.29, 0.717) is 6.61 Å². The second-order valence-corrected chi connectivity index (χ2v) is 3.15. The maximum atomic E-state index is 11.0. The summed E-state index contributed by atoms with van der Waals surface area (Å²) in [6, 6.07) is 0. The summed E-state index contributed by atoms with van der Waals surface area (Å²) in [7, 11) is 0. The molecule has 1 saturated heterocycles. The number of hydrogen-bond donors (Lipinski definition) is 1. The van der Waals surface area contributed by atoms with Gasteiger partial charge in [-0.15, -0.1) is 0 Å². The lowest BCUT2D eigenvalue weighted by atomic mass is 9.79. The van der Waals surface area contributed by atoms with E-state index in [0.717, 1.165) is 25.9 Å². The molecule has 0 radical (unpaired) electrons. The first-order valence-electron chi connectivity index (χ1n) is 4.09. The van der Waals surface area contributed by atoms with Gasteiger partial charge in [-0.25, -0.2) is 0 Å². The molecule has 0 bridgehead atoms. The van der Waals surface area contributed by atoms with E-state index >= 15 is 0 Å². The summed E-state index contributed by atoms with van der Waals surface area (Å²) in [6.07, 6.45) is 2.64. The predicted octanol–water partition coefficient (Wildman–Crippen LogP) is 0.679. The fourth-order valence-corrected chi connectivity index (χ4v) is 1.50. The van der Waals surface area contributed by atoms with Gasteiger partial charge >= 0.3 is 0 Å². The van der Waals surface area contributed by atoms with Crippen LogP contribution in [0.2, 0.25) is 0 Å². The van der Waals surface area contributed by atoms with Crippen LogP contribution < -0.4 is 5.73 Å². The average molecular weight is 157 g/mol. The van der Waals surface area contributed by atoms with E-state index in [-0.39, 0.29) is 11.3 Å². The molecule has 64 valence electrons. The average Bonchev–Trinajstić information content (AvgIpc) is 2.05. The van der Waals surface area contributed by atoms with Crippen LogP contribution in [0.1, 0.15) is 26.2 Å². The van der Waals surface area contributed by atoms with Gasteiger partial charge < -0.3 is 10.5 Å². The van der Waals surface area contributed by atoms with Crippen LogP contribution in [0.5, 0.6) is 0 Å². The Morgan fingerprint density at radius 2 is 2.45 bits per heavy atom. The summed E-state index contributed by atoms with van der Waals surface area (Å²) in [5.41, 5.74) is 4.93. The quantitative estimate of drug-likeness (QED) is 0.640. The molecule has 0 aliphatic carbocycles. The minimum Gasteiger partial charge on any atom is -0.380 e. The first kappa shape index (κ1) is 8.53. The Kier molecular flexibility index (Phi) is 2.49. The minimum absolute atomic E-state index is 0.209. The highest BCUT2D eigenvalue weighted by atomic mass is 16.5. The summed E-state index contributed by atoms with van der Waals surface area (Å²) in [5, 5.41) is 0. The van der Waals surface area contributed by atoms with E-state index in [2.05, 4.69) is 0 Å². The van der Waals surface area contributed by atoms with Gasteiger partial charge in [0, 0.05) is 6.61 Å². The Morgan fingerprint density at radius 1 is 1.73 bits per heavy atom. The van der Waals surface area contributed by atoms with Gasteiger partial charge in [0.15, 0.2) is 0 Å². The second-order valence-electron chi connectivity index (χ2n) is 3.15. The largest absolute Gasteiger partial charge is 0.380 e. The highest BCUT2D eigenvalue weighted by molar-refractivity contribution is 5.81. The van der Waals surface area contributed by atoms with Crippen molar-refractivity contribution < 1.29 is 9.53 Å².